The fourth-order valence-electron chi connectivity index (χ4n) is 1.34. The van der Waals surface area contributed by atoms with Crippen LogP contribution < -0.4 is 15.4 Å². The number of pyridine rings is 1. The van der Waals surface area contributed by atoms with Crippen LogP contribution in [0, 0.1) is 0 Å². The van der Waals surface area contributed by atoms with Crippen molar-refractivity contribution in [2.45, 2.75) is 12.6 Å². The first-order chi connectivity index (χ1) is 9.56. The third kappa shape index (κ3) is 5.11. The zero-order valence-electron chi connectivity index (χ0n) is 11.3. The molecule has 0 bridgehead atoms. The van der Waals surface area contributed by atoms with Gasteiger partial charge < -0.3 is 25.2 Å². The van der Waals surface area contributed by atoms with Crippen LogP contribution in [0.3, 0.4) is 0 Å². The highest BCUT2D eigenvalue weighted by atomic mass is 16.5. The summed E-state index contributed by atoms with van der Waals surface area (Å²) < 4.78 is 9.60. The van der Waals surface area contributed by atoms with E-state index in [1.807, 2.05) is 0 Å². The van der Waals surface area contributed by atoms with Crippen LogP contribution >= 0.6 is 0 Å². The van der Waals surface area contributed by atoms with Crippen molar-refractivity contribution in [3.8, 4) is 5.88 Å². The van der Waals surface area contributed by atoms with E-state index >= 15 is 0 Å². The maximum absolute atomic E-state index is 11.5. The van der Waals surface area contributed by atoms with Gasteiger partial charge in [-0.2, -0.15) is 0 Å². The number of aromatic nitrogens is 1. The molecule has 0 aromatic carbocycles. The zero-order chi connectivity index (χ0) is 15.0. The van der Waals surface area contributed by atoms with Gasteiger partial charge in [-0.1, -0.05) is 6.07 Å². The van der Waals surface area contributed by atoms with Gasteiger partial charge in [0.2, 0.25) is 5.88 Å². The third-order valence-corrected chi connectivity index (χ3v) is 2.47. The molecule has 0 saturated carbocycles. The quantitative estimate of drug-likeness (QED) is 0.649. The topological polar surface area (TPSA) is 110 Å². The minimum absolute atomic E-state index is 0.113. The molecule has 0 spiro atoms. The van der Waals surface area contributed by atoms with Crippen molar-refractivity contribution < 1.29 is 24.2 Å². The first-order valence-corrected chi connectivity index (χ1v) is 5.83. The van der Waals surface area contributed by atoms with Crippen LogP contribution in [0.1, 0.15) is 5.56 Å². The molecular formula is C12H17N3O5. The van der Waals surface area contributed by atoms with Gasteiger partial charge in [-0.05, 0) is 5.56 Å². The molecule has 1 aromatic heterocycles. The van der Waals surface area contributed by atoms with Gasteiger partial charge in [0.05, 0.1) is 13.7 Å². The van der Waals surface area contributed by atoms with Crippen molar-refractivity contribution in [2.75, 3.05) is 20.8 Å². The number of ether oxygens (including phenoxy) is 2. The van der Waals surface area contributed by atoms with Crippen molar-refractivity contribution in [2.24, 2.45) is 0 Å². The predicted octanol–water partition coefficient (Wildman–Crippen LogP) is -0.0110. The first-order valence-electron chi connectivity index (χ1n) is 5.83. The Morgan fingerprint density at radius 2 is 2.10 bits per heavy atom. The van der Waals surface area contributed by atoms with E-state index in [1.54, 1.807) is 18.3 Å². The van der Waals surface area contributed by atoms with Crippen molar-refractivity contribution in [3.63, 3.8) is 0 Å². The van der Waals surface area contributed by atoms with Crippen LogP contribution in [-0.2, 0) is 16.1 Å². The van der Waals surface area contributed by atoms with E-state index in [2.05, 4.69) is 20.4 Å². The summed E-state index contributed by atoms with van der Waals surface area (Å²) in [5.41, 5.74) is 0.794. The number of hydrogen-bond acceptors (Lipinski definition) is 5. The lowest BCUT2D eigenvalue weighted by Crippen LogP contribution is -2.42. The van der Waals surface area contributed by atoms with Crippen LogP contribution in [0.4, 0.5) is 4.79 Å². The van der Waals surface area contributed by atoms with Gasteiger partial charge in [0.25, 0.3) is 0 Å². The highest BCUT2D eigenvalue weighted by Gasteiger charge is 2.16. The lowest BCUT2D eigenvalue weighted by Gasteiger charge is -2.12. The molecule has 8 heteroatoms. The third-order valence-electron chi connectivity index (χ3n) is 2.47. The van der Waals surface area contributed by atoms with E-state index in [0.717, 1.165) is 5.56 Å². The summed E-state index contributed by atoms with van der Waals surface area (Å²) in [6, 6.07) is 2.96. The number of rotatable bonds is 7. The molecule has 2 amide bonds. The number of aliphatic carboxylic acids is 1. The van der Waals surface area contributed by atoms with E-state index in [4.69, 9.17) is 9.84 Å². The smallest absolute Gasteiger partial charge is 0.334 e. The van der Waals surface area contributed by atoms with E-state index in [-0.39, 0.29) is 13.1 Å². The van der Waals surface area contributed by atoms with Gasteiger partial charge >= 0.3 is 12.0 Å². The normalized spacial score (nSPS) is 11.5. The number of methoxy groups -OCH3 is 2. The lowest BCUT2D eigenvalue weighted by atomic mass is 10.3. The number of carbonyl (C=O) groups excluding carboxylic acids is 1. The van der Waals surface area contributed by atoms with E-state index < -0.39 is 18.1 Å². The summed E-state index contributed by atoms with van der Waals surface area (Å²) >= 11 is 0. The molecule has 0 fully saturated rings. The second kappa shape index (κ2) is 7.95. The Balaban J connectivity index is 2.33. The molecule has 0 saturated heterocycles. The maximum atomic E-state index is 11.5. The first kappa shape index (κ1) is 15.7. The monoisotopic (exact) mass is 283 g/mol. The molecule has 110 valence electrons. The number of nitrogens with one attached hydrogen (secondary N) is 2. The van der Waals surface area contributed by atoms with Gasteiger partial charge in [0, 0.05) is 25.9 Å². The van der Waals surface area contributed by atoms with Gasteiger partial charge in [-0.15, -0.1) is 0 Å². The van der Waals surface area contributed by atoms with Crippen LogP contribution in [0.15, 0.2) is 18.3 Å². The number of urea groups is 1. The second-order valence-electron chi connectivity index (χ2n) is 3.83. The van der Waals surface area contributed by atoms with Crippen LogP contribution in [0.2, 0.25) is 0 Å². The van der Waals surface area contributed by atoms with Crippen LogP contribution in [-0.4, -0.2) is 49.0 Å². The molecule has 3 N–H and O–H groups in total. The van der Waals surface area contributed by atoms with Gasteiger partial charge in [0.15, 0.2) is 6.10 Å². The molecule has 0 aliphatic carbocycles. The van der Waals surface area contributed by atoms with Gasteiger partial charge in [-0.25, -0.2) is 14.6 Å². The Hall–Kier alpha value is -2.35. The Kier molecular flexibility index (Phi) is 6.24. The van der Waals surface area contributed by atoms with Crippen molar-refractivity contribution in [1.82, 2.24) is 15.6 Å². The molecular weight excluding hydrogens is 266 g/mol. The number of amides is 2. The van der Waals surface area contributed by atoms with Crippen LogP contribution in [0.25, 0.3) is 0 Å². The molecule has 1 atom stereocenters. The maximum Gasteiger partial charge on any atom is 0.334 e. The molecule has 0 aliphatic rings. The molecule has 1 unspecified atom stereocenters. The van der Waals surface area contributed by atoms with E-state index in [9.17, 15) is 9.59 Å². The summed E-state index contributed by atoms with van der Waals surface area (Å²) in [4.78, 5) is 26.1. The second-order valence-corrected chi connectivity index (χ2v) is 3.83. The Morgan fingerprint density at radius 3 is 2.60 bits per heavy atom. The number of carboxylic acids is 1. The van der Waals surface area contributed by atoms with E-state index in [0.29, 0.717) is 5.88 Å². The van der Waals surface area contributed by atoms with Crippen molar-refractivity contribution in [1.29, 1.82) is 0 Å². The van der Waals surface area contributed by atoms with Gasteiger partial charge in [-0.3, -0.25) is 0 Å². The average Bonchev–Trinajstić information content (AvgIpc) is 2.46. The Bertz CT molecular complexity index is 449. The minimum atomic E-state index is -1.13. The number of carbonyl (C=O) groups is 2. The molecule has 1 rings (SSSR count). The highest BCUT2D eigenvalue weighted by molar-refractivity contribution is 5.76. The predicted molar refractivity (Wildman–Crippen MR) is 69.5 cm³/mol. The molecule has 1 aromatic rings. The standard InChI is InChI=1S/C12H17N3O5/c1-19-9(11(16)17)7-15-12(18)14-6-8-3-4-10(20-2)13-5-8/h3-5,9H,6-7H2,1-2H3,(H,16,17)(H2,14,15,18). The highest BCUT2D eigenvalue weighted by Crippen LogP contribution is 2.05. The molecule has 8 nitrogen and oxygen atoms in total. The SMILES string of the molecule is COc1ccc(CNC(=O)NCC(OC)C(=O)O)cn1. The summed E-state index contributed by atoms with van der Waals surface area (Å²) in [5, 5.41) is 13.7. The summed E-state index contributed by atoms with van der Waals surface area (Å²) in [6.45, 7) is 0.159. The van der Waals surface area contributed by atoms with Gasteiger partial charge in [0.1, 0.15) is 0 Å². The number of nitrogens with zero attached hydrogens (tertiary/aromatic N) is 1. The number of hydrogen-bond donors (Lipinski definition) is 3. The van der Waals surface area contributed by atoms with Crippen molar-refractivity contribution >= 4 is 12.0 Å². The van der Waals surface area contributed by atoms with E-state index in [1.165, 1.54) is 14.2 Å². The largest absolute Gasteiger partial charge is 0.481 e. The number of carboxylic acid groups (broad SMARTS) is 1. The molecule has 20 heavy (non-hydrogen) atoms. The molecule has 0 radical (unpaired) electrons. The fraction of sp³-hybridized carbons (Fsp3) is 0.417. The average molecular weight is 283 g/mol. The lowest BCUT2D eigenvalue weighted by molar-refractivity contribution is -0.147. The summed E-state index contributed by atoms with van der Waals surface area (Å²) in [5.74, 6) is -0.644. The fourth-order valence-corrected chi connectivity index (χ4v) is 1.34. The van der Waals surface area contributed by atoms with Crippen molar-refractivity contribution in [3.05, 3.63) is 23.9 Å². The van der Waals surface area contributed by atoms with Crippen LogP contribution in [0.5, 0.6) is 5.88 Å². The molecule has 0 aliphatic heterocycles. The Labute approximate surface area is 116 Å². The summed E-state index contributed by atoms with van der Waals surface area (Å²) in [7, 11) is 2.78. The zero-order valence-corrected chi connectivity index (χ0v) is 11.3. The summed E-state index contributed by atoms with van der Waals surface area (Å²) in [6.07, 6.45) is 0.511. The molecule has 1 heterocycles. The Morgan fingerprint density at radius 1 is 1.35 bits per heavy atom. The minimum Gasteiger partial charge on any atom is -0.481 e.